The fourth-order valence-corrected chi connectivity index (χ4v) is 6.08. The second kappa shape index (κ2) is 10.6. The van der Waals surface area contributed by atoms with Crippen molar-refractivity contribution in [2.24, 2.45) is 0 Å². The second-order valence-electron chi connectivity index (χ2n) is 7.95. The van der Waals surface area contributed by atoms with Crippen LogP contribution < -0.4 is 5.32 Å². The number of ether oxygens (including phenoxy) is 1. The topological polar surface area (TPSA) is 75.7 Å². The third-order valence-electron chi connectivity index (χ3n) is 5.68. The molecule has 1 N–H and O–H groups in total. The van der Waals surface area contributed by atoms with Gasteiger partial charge in [-0.3, -0.25) is 4.79 Å². The van der Waals surface area contributed by atoms with E-state index in [1.54, 1.807) is 23.5 Å². The van der Waals surface area contributed by atoms with Gasteiger partial charge in [-0.05, 0) is 53.3 Å². The summed E-state index contributed by atoms with van der Waals surface area (Å²) in [5, 5.41) is 5.11. The van der Waals surface area contributed by atoms with E-state index in [0.29, 0.717) is 31.9 Å². The highest BCUT2D eigenvalue weighted by Crippen LogP contribution is 2.27. The van der Waals surface area contributed by atoms with Crippen LogP contribution in [-0.2, 0) is 21.2 Å². The van der Waals surface area contributed by atoms with Crippen LogP contribution in [0.15, 0.2) is 70.9 Å². The Bertz CT molecular complexity index is 1150. The predicted molar refractivity (Wildman–Crippen MR) is 130 cm³/mol. The molecule has 1 amide bonds. The maximum atomic E-state index is 13.1. The van der Waals surface area contributed by atoms with Crippen molar-refractivity contribution >= 4 is 27.3 Å². The van der Waals surface area contributed by atoms with Gasteiger partial charge >= 0.3 is 0 Å². The molecule has 0 spiro atoms. The van der Waals surface area contributed by atoms with E-state index >= 15 is 0 Å². The summed E-state index contributed by atoms with van der Waals surface area (Å²) in [6.45, 7) is 3.61. The van der Waals surface area contributed by atoms with Gasteiger partial charge < -0.3 is 10.1 Å². The third kappa shape index (κ3) is 5.52. The highest BCUT2D eigenvalue weighted by Gasteiger charge is 2.26. The first-order valence-corrected chi connectivity index (χ1v) is 13.4. The first-order valence-electron chi connectivity index (χ1n) is 11.1. The van der Waals surface area contributed by atoms with Crippen LogP contribution in [0.3, 0.4) is 0 Å². The van der Waals surface area contributed by atoms with Crippen LogP contribution in [0.4, 0.5) is 0 Å². The lowest BCUT2D eigenvalue weighted by Gasteiger charge is -2.26. The summed E-state index contributed by atoms with van der Waals surface area (Å²) in [7, 11) is -3.59. The first kappa shape index (κ1) is 23.6. The fourth-order valence-electron chi connectivity index (χ4n) is 3.87. The van der Waals surface area contributed by atoms with E-state index < -0.39 is 10.0 Å². The van der Waals surface area contributed by atoms with Gasteiger partial charge in [0.1, 0.15) is 0 Å². The highest BCUT2D eigenvalue weighted by molar-refractivity contribution is 7.89. The summed E-state index contributed by atoms with van der Waals surface area (Å²) in [5.74, 6) is -0.249. The third-order valence-corrected chi connectivity index (χ3v) is 8.53. The number of thiophene rings is 1. The second-order valence-corrected chi connectivity index (χ2v) is 10.9. The van der Waals surface area contributed by atoms with Gasteiger partial charge in [-0.1, -0.05) is 43.7 Å². The number of rotatable bonds is 8. The molecular weight excluding hydrogens is 456 g/mol. The average Bonchev–Trinajstić information content (AvgIpc) is 3.38. The molecule has 3 aromatic rings. The summed E-state index contributed by atoms with van der Waals surface area (Å²) < 4.78 is 32.3. The van der Waals surface area contributed by atoms with Crippen LogP contribution in [0, 0.1) is 0 Å². The smallest absolute Gasteiger partial charge is 0.252 e. The highest BCUT2D eigenvalue weighted by atomic mass is 32.2. The van der Waals surface area contributed by atoms with Crippen molar-refractivity contribution < 1.29 is 17.9 Å². The van der Waals surface area contributed by atoms with Crippen LogP contribution in [0.1, 0.15) is 45.7 Å². The van der Waals surface area contributed by atoms with E-state index in [1.807, 2.05) is 17.5 Å². The normalized spacial score (nSPS) is 15.8. The van der Waals surface area contributed by atoms with Gasteiger partial charge in [0.15, 0.2) is 0 Å². The Balaban J connectivity index is 1.52. The number of carbonyl (C=O) groups excluding carboxylic acids is 1. The summed E-state index contributed by atoms with van der Waals surface area (Å²) in [5.41, 5.74) is 2.70. The number of amides is 1. The number of sulfonamides is 1. The molecular formula is C25H28N2O4S2. The largest absolute Gasteiger partial charge is 0.379 e. The van der Waals surface area contributed by atoms with Crippen LogP contribution in [0.25, 0.3) is 0 Å². The minimum absolute atomic E-state index is 0.183. The minimum Gasteiger partial charge on any atom is -0.379 e. The lowest BCUT2D eigenvalue weighted by atomic mass is 10.0. The van der Waals surface area contributed by atoms with Gasteiger partial charge in [-0.25, -0.2) is 8.42 Å². The van der Waals surface area contributed by atoms with Crippen LogP contribution in [-0.4, -0.2) is 44.9 Å². The summed E-state index contributed by atoms with van der Waals surface area (Å²) in [4.78, 5) is 14.3. The Kier molecular flexibility index (Phi) is 7.60. The van der Waals surface area contributed by atoms with E-state index in [0.717, 1.165) is 23.3 Å². The van der Waals surface area contributed by atoms with Gasteiger partial charge in [0.05, 0.1) is 24.2 Å². The van der Waals surface area contributed by atoms with E-state index in [-0.39, 0.29) is 16.8 Å². The van der Waals surface area contributed by atoms with Gasteiger partial charge in [-0.2, -0.15) is 4.31 Å². The van der Waals surface area contributed by atoms with Crippen molar-refractivity contribution in [3.63, 3.8) is 0 Å². The zero-order chi connectivity index (χ0) is 23.3. The average molecular weight is 485 g/mol. The lowest BCUT2D eigenvalue weighted by molar-refractivity contribution is 0.0730. The van der Waals surface area contributed by atoms with Crippen LogP contribution in [0.2, 0.25) is 0 Å². The maximum Gasteiger partial charge on any atom is 0.252 e. The number of hydrogen-bond acceptors (Lipinski definition) is 5. The van der Waals surface area contributed by atoms with Crippen LogP contribution in [0.5, 0.6) is 0 Å². The van der Waals surface area contributed by atoms with E-state index in [9.17, 15) is 13.2 Å². The molecule has 1 unspecified atom stereocenters. The number of nitrogens with one attached hydrogen (secondary N) is 1. The van der Waals surface area contributed by atoms with Gasteiger partial charge in [0.25, 0.3) is 5.91 Å². The van der Waals surface area contributed by atoms with Gasteiger partial charge in [-0.15, -0.1) is 11.3 Å². The molecule has 1 fully saturated rings. The first-order chi connectivity index (χ1) is 16.0. The Morgan fingerprint density at radius 3 is 2.36 bits per heavy atom. The van der Waals surface area contributed by atoms with Crippen molar-refractivity contribution in [3.05, 3.63) is 87.6 Å². The minimum atomic E-state index is -3.59. The van der Waals surface area contributed by atoms with Crippen molar-refractivity contribution in [2.45, 2.75) is 30.7 Å². The Morgan fingerprint density at radius 1 is 1.06 bits per heavy atom. The maximum absolute atomic E-state index is 13.1. The molecule has 4 rings (SSSR count). The molecule has 2 aromatic carbocycles. The number of nitrogens with zero attached hydrogens (tertiary/aromatic N) is 1. The number of benzene rings is 2. The summed E-state index contributed by atoms with van der Waals surface area (Å²) >= 11 is 1.59. The zero-order valence-corrected chi connectivity index (χ0v) is 20.2. The fraction of sp³-hybridized carbons (Fsp3) is 0.320. The molecule has 0 bridgehead atoms. The van der Waals surface area contributed by atoms with Crippen molar-refractivity contribution in [3.8, 4) is 0 Å². The van der Waals surface area contributed by atoms with Crippen molar-refractivity contribution in [1.82, 2.24) is 9.62 Å². The molecule has 33 heavy (non-hydrogen) atoms. The van der Waals surface area contributed by atoms with Crippen molar-refractivity contribution in [2.75, 3.05) is 26.3 Å². The number of hydrogen-bond donors (Lipinski definition) is 1. The molecule has 6 nitrogen and oxygen atoms in total. The Morgan fingerprint density at radius 2 is 1.76 bits per heavy atom. The van der Waals surface area contributed by atoms with Crippen molar-refractivity contribution in [1.29, 1.82) is 0 Å². The zero-order valence-electron chi connectivity index (χ0n) is 18.6. The Labute approximate surface area is 199 Å². The summed E-state index contributed by atoms with van der Waals surface area (Å²) in [6.07, 6.45) is 2.11. The number of aryl methyl sites for hydroxylation is 1. The van der Waals surface area contributed by atoms with Gasteiger partial charge in [0, 0.05) is 23.5 Å². The molecule has 1 atom stereocenters. The van der Waals surface area contributed by atoms with E-state index in [2.05, 4.69) is 36.5 Å². The monoisotopic (exact) mass is 484 g/mol. The molecule has 8 heteroatoms. The Hall–Kier alpha value is -2.52. The van der Waals surface area contributed by atoms with Crippen LogP contribution >= 0.6 is 11.3 Å². The molecule has 1 aromatic heterocycles. The molecule has 2 heterocycles. The van der Waals surface area contributed by atoms with Gasteiger partial charge in [0.2, 0.25) is 10.0 Å². The molecule has 0 aliphatic carbocycles. The predicted octanol–water partition coefficient (Wildman–Crippen LogP) is 4.24. The number of carbonyl (C=O) groups is 1. The van der Waals surface area contributed by atoms with E-state index in [1.165, 1.54) is 22.0 Å². The quantitative estimate of drug-likeness (QED) is 0.519. The molecule has 0 saturated carbocycles. The standard InChI is InChI=1S/C25H28N2O4S2/c1-2-4-19-6-8-20(9-7-19)24(23-5-3-18-32-23)26-25(28)21-10-12-22(13-11-21)33(29,30)27-14-16-31-17-15-27/h3,5-13,18,24H,2,4,14-17H2,1H3,(H,26,28). The lowest BCUT2D eigenvalue weighted by Crippen LogP contribution is -2.40. The molecule has 1 aliphatic heterocycles. The molecule has 1 aliphatic rings. The number of morpholine rings is 1. The van der Waals surface area contributed by atoms with E-state index in [4.69, 9.17) is 4.74 Å². The molecule has 1 saturated heterocycles. The molecule has 174 valence electrons. The summed E-state index contributed by atoms with van der Waals surface area (Å²) in [6, 6.07) is 18.2. The SMILES string of the molecule is CCCc1ccc(C(NC(=O)c2ccc(S(=O)(=O)N3CCOCC3)cc2)c2cccs2)cc1. The molecule has 0 radical (unpaired) electrons.